The zero-order valence-corrected chi connectivity index (χ0v) is 13.3. The van der Waals surface area contributed by atoms with E-state index in [1.54, 1.807) is 36.2 Å². The molecule has 0 heterocycles. The van der Waals surface area contributed by atoms with Crippen LogP contribution in [0.25, 0.3) is 0 Å². The largest absolute Gasteiger partial charge is 0.480 e. The van der Waals surface area contributed by atoms with Gasteiger partial charge in [0.25, 0.3) is 0 Å². The van der Waals surface area contributed by atoms with E-state index in [1.807, 2.05) is 13.8 Å². The number of nitrogens with zero attached hydrogens (tertiary/aromatic N) is 2. The number of carbonyl (C=O) groups is 2. The Balaban J connectivity index is 3.07. The molecular weight excluding hydrogens is 292 g/mol. The van der Waals surface area contributed by atoms with E-state index in [0.29, 0.717) is 10.7 Å². The van der Waals surface area contributed by atoms with Gasteiger partial charge < -0.3 is 10.0 Å². The molecule has 2 amide bonds. The second-order valence-corrected chi connectivity index (χ2v) is 5.26. The van der Waals surface area contributed by atoms with Crippen molar-refractivity contribution in [3.63, 3.8) is 0 Å². The van der Waals surface area contributed by atoms with Gasteiger partial charge in [-0.3, -0.25) is 9.69 Å². The summed E-state index contributed by atoms with van der Waals surface area (Å²) < 4.78 is 0. The van der Waals surface area contributed by atoms with Gasteiger partial charge in [0.05, 0.1) is 0 Å². The molecule has 0 atom stereocenters. The van der Waals surface area contributed by atoms with Crippen LogP contribution in [0.15, 0.2) is 24.3 Å². The number of carbonyl (C=O) groups excluding carboxylic acids is 1. The number of urea groups is 1. The Morgan fingerprint density at radius 2 is 1.90 bits per heavy atom. The molecule has 1 rings (SSSR count). The van der Waals surface area contributed by atoms with Crippen LogP contribution < -0.4 is 4.90 Å². The molecule has 0 aromatic heterocycles. The molecule has 116 valence electrons. The van der Waals surface area contributed by atoms with E-state index in [1.165, 1.54) is 4.90 Å². The highest BCUT2D eigenvalue weighted by atomic mass is 35.5. The van der Waals surface area contributed by atoms with Crippen molar-refractivity contribution in [2.24, 2.45) is 0 Å². The molecule has 1 aromatic carbocycles. The van der Waals surface area contributed by atoms with Crippen molar-refractivity contribution in [2.45, 2.75) is 32.7 Å². The predicted molar refractivity (Wildman–Crippen MR) is 84.0 cm³/mol. The Bertz CT molecular complexity index is 503. The van der Waals surface area contributed by atoms with Crippen LogP contribution in [0.5, 0.6) is 0 Å². The predicted octanol–water partition coefficient (Wildman–Crippen LogP) is 3.47. The SMILES string of the molecule is CCC(CC)N(C)C(=O)N(CC(=O)O)c1cccc(Cl)c1. The van der Waals surface area contributed by atoms with Crippen LogP contribution in [-0.2, 0) is 4.79 Å². The summed E-state index contributed by atoms with van der Waals surface area (Å²) in [6.45, 7) is 3.60. The van der Waals surface area contributed by atoms with Crippen LogP contribution in [0, 0.1) is 0 Å². The molecule has 0 aliphatic carbocycles. The first-order valence-corrected chi connectivity index (χ1v) is 7.30. The molecule has 5 nitrogen and oxygen atoms in total. The van der Waals surface area contributed by atoms with E-state index in [-0.39, 0.29) is 12.1 Å². The average Bonchev–Trinajstić information content (AvgIpc) is 2.45. The topological polar surface area (TPSA) is 60.9 Å². The van der Waals surface area contributed by atoms with E-state index < -0.39 is 12.5 Å². The molecule has 0 aliphatic heterocycles. The number of anilines is 1. The summed E-state index contributed by atoms with van der Waals surface area (Å²) in [7, 11) is 1.69. The third-order valence-corrected chi connectivity index (χ3v) is 3.67. The van der Waals surface area contributed by atoms with Gasteiger partial charge in [0, 0.05) is 23.8 Å². The van der Waals surface area contributed by atoms with Crippen LogP contribution >= 0.6 is 11.6 Å². The van der Waals surface area contributed by atoms with Gasteiger partial charge in [0.1, 0.15) is 6.54 Å². The Kier molecular flexibility index (Phi) is 6.49. The molecule has 0 unspecified atom stereocenters. The van der Waals surface area contributed by atoms with E-state index in [4.69, 9.17) is 16.7 Å². The quantitative estimate of drug-likeness (QED) is 0.875. The monoisotopic (exact) mass is 312 g/mol. The number of amides is 2. The highest BCUT2D eigenvalue weighted by molar-refractivity contribution is 6.30. The number of hydrogen-bond donors (Lipinski definition) is 1. The van der Waals surface area contributed by atoms with Gasteiger partial charge in [0.15, 0.2) is 0 Å². The standard InChI is InChI=1S/C15H21ClN2O3/c1-4-12(5-2)17(3)15(21)18(10-14(19)20)13-8-6-7-11(16)9-13/h6-9,12H,4-5,10H2,1-3H3,(H,19,20). The summed E-state index contributed by atoms with van der Waals surface area (Å²) >= 11 is 5.93. The number of halogens is 1. The van der Waals surface area contributed by atoms with Crippen molar-refractivity contribution in [3.8, 4) is 0 Å². The zero-order chi connectivity index (χ0) is 16.0. The molecule has 1 N–H and O–H groups in total. The van der Waals surface area contributed by atoms with E-state index in [0.717, 1.165) is 12.8 Å². The third kappa shape index (κ3) is 4.63. The fourth-order valence-corrected chi connectivity index (χ4v) is 2.42. The third-order valence-electron chi connectivity index (χ3n) is 3.44. The lowest BCUT2D eigenvalue weighted by Crippen LogP contribution is -2.47. The van der Waals surface area contributed by atoms with Gasteiger partial charge >= 0.3 is 12.0 Å². The minimum Gasteiger partial charge on any atom is -0.480 e. The number of benzene rings is 1. The molecule has 0 saturated heterocycles. The lowest BCUT2D eigenvalue weighted by molar-refractivity contribution is -0.135. The first-order valence-electron chi connectivity index (χ1n) is 6.92. The van der Waals surface area contributed by atoms with Crippen molar-refractivity contribution >= 4 is 29.3 Å². The van der Waals surface area contributed by atoms with Crippen LogP contribution in [0.2, 0.25) is 5.02 Å². The lowest BCUT2D eigenvalue weighted by atomic mass is 10.1. The molecule has 21 heavy (non-hydrogen) atoms. The molecular formula is C15H21ClN2O3. The van der Waals surface area contributed by atoms with Crippen molar-refractivity contribution in [2.75, 3.05) is 18.5 Å². The second kappa shape index (κ2) is 7.88. The van der Waals surface area contributed by atoms with Crippen molar-refractivity contribution in [1.82, 2.24) is 4.90 Å². The van der Waals surface area contributed by atoms with Crippen molar-refractivity contribution in [1.29, 1.82) is 0 Å². The Morgan fingerprint density at radius 1 is 1.29 bits per heavy atom. The molecule has 6 heteroatoms. The molecule has 0 fully saturated rings. The minimum absolute atomic E-state index is 0.0768. The number of carboxylic acid groups (broad SMARTS) is 1. The average molecular weight is 313 g/mol. The first kappa shape index (κ1) is 17.3. The number of rotatable bonds is 6. The Morgan fingerprint density at radius 3 is 2.38 bits per heavy atom. The maximum Gasteiger partial charge on any atom is 0.325 e. The Labute approximate surface area is 130 Å². The van der Waals surface area contributed by atoms with E-state index >= 15 is 0 Å². The molecule has 0 radical (unpaired) electrons. The summed E-state index contributed by atoms with van der Waals surface area (Å²) in [6.07, 6.45) is 1.63. The summed E-state index contributed by atoms with van der Waals surface area (Å²) in [5, 5.41) is 9.51. The minimum atomic E-state index is -1.07. The molecule has 0 spiro atoms. The summed E-state index contributed by atoms with van der Waals surface area (Å²) in [5.74, 6) is -1.07. The maximum atomic E-state index is 12.6. The van der Waals surface area contributed by atoms with Gasteiger partial charge in [-0.2, -0.15) is 0 Å². The molecule has 0 saturated carbocycles. The Hall–Kier alpha value is -1.75. The summed E-state index contributed by atoms with van der Waals surface area (Å²) in [5.41, 5.74) is 0.479. The first-order chi connectivity index (χ1) is 9.90. The lowest BCUT2D eigenvalue weighted by Gasteiger charge is -2.32. The second-order valence-electron chi connectivity index (χ2n) is 4.82. The van der Waals surface area contributed by atoms with E-state index in [9.17, 15) is 9.59 Å². The normalized spacial score (nSPS) is 10.5. The van der Waals surface area contributed by atoms with Crippen LogP contribution in [-0.4, -0.2) is 41.6 Å². The summed E-state index contributed by atoms with van der Waals surface area (Å²) in [6, 6.07) is 6.37. The van der Waals surface area contributed by atoms with Crippen molar-refractivity contribution < 1.29 is 14.7 Å². The van der Waals surface area contributed by atoms with E-state index in [2.05, 4.69) is 0 Å². The smallest absolute Gasteiger partial charge is 0.325 e. The van der Waals surface area contributed by atoms with Crippen molar-refractivity contribution in [3.05, 3.63) is 29.3 Å². The maximum absolute atomic E-state index is 12.6. The van der Waals surface area contributed by atoms with Gasteiger partial charge in [-0.25, -0.2) is 4.79 Å². The van der Waals surface area contributed by atoms with Gasteiger partial charge in [0.2, 0.25) is 0 Å². The van der Waals surface area contributed by atoms with Gasteiger partial charge in [-0.05, 0) is 31.0 Å². The molecule has 0 bridgehead atoms. The van der Waals surface area contributed by atoms with Crippen LogP contribution in [0.1, 0.15) is 26.7 Å². The molecule has 1 aromatic rings. The van der Waals surface area contributed by atoms with Gasteiger partial charge in [-0.1, -0.05) is 31.5 Å². The fourth-order valence-electron chi connectivity index (χ4n) is 2.23. The van der Waals surface area contributed by atoms with Gasteiger partial charge in [-0.15, -0.1) is 0 Å². The highest BCUT2D eigenvalue weighted by Crippen LogP contribution is 2.21. The van der Waals surface area contributed by atoms with Crippen LogP contribution in [0.3, 0.4) is 0 Å². The zero-order valence-electron chi connectivity index (χ0n) is 12.5. The number of aliphatic carboxylic acids is 1. The number of carboxylic acids is 1. The molecule has 0 aliphatic rings. The highest BCUT2D eigenvalue weighted by Gasteiger charge is 2.25. The summed E-state index contributed by atoms with van der Waals surface area (Å²) in [4.78, 5) is 26.5. The number of hydrogen-bond acceptors (Lipinski definition) is 2. The fraction of sp³-hybridized carbons (Fsp3) is 0.467. The van der Waals surface area contributed by atoms with Crippen LogP contribution in [0.4, 0.5) is 10.5 Å².